The van der Waals surface area contributed by atoms with Crippen molar-refractivity contribution in [1.82, 2.24) is 4.90 Å². The average Bonchev–Trinajstić information content (AvgIpc) is 2.42. The molecule has 0 heterocycles. The van der Waals surface area contributed by atoms with E-state index in [0.717, 1.165) is 6.07 Å². The second-order valence-electron chi connectivity index (χ2n) is 4.69. The van der Waals surface area contributed by atoms with Crippen molar-refractivity contribution in [3.63, 3.8) is 0 Å². The van der Waals surface area contributed by atoms with Gasteiger partial charge in [-0.3, -0.25) is 9.59 Å². The number of rotatable bonds is 4. The monoisotopic (exact) mass is 291 g/mol. The first kappa shape index (κ1) is 16.7. The maximum atomic E-state index is 13.4. The second kappa shape index (κ2) is 7.41. The predicted molar refractivity (Wildman–Crippen MR) is 77.7 cm³/mol. The number of amides is 2. The van der Waals surface area contributed by atoms with E-state index in [4.69, 9.17) is 11.5 Å². The van der Waals surface area contributed by atoms with Crippen molar-refractivity contribution in [2.45, 2.75) is 19.9 Å². The van der Waals surface area contributed by atoms with Crippen LogP contribution in [-0.4, -0.2) is 35.8 Å². The highest BCUT2D eigenvalue weighted by atomic mass is 19.1. The molecular weight excluding hydrogens is 273 g/mol. The van der Waals surface area contributed by atoms with Crippen LogP contribution in [0.15, 0.2) is 18.2 Å². The summed E-state index contributed by atoms with van der Waals surface area (Å²) in [6, 6.07) is 3.46. The van der Waals surface area contributed by atoms with E-state index in [1.54, 1.807) is 13.8 Å². The number of benzene rings is 1. The molecule has 1 rings (SSSR count). The number of nitrogens with two attached hydrogens (primary N) is 2. The summed E-state index contributed by atoms with van der Waals surface area (Å²) in [6.07, 6.45) is 0. The van der Waals surface area contributed by atoms with E-state index in [1.807, 2.05) is 0 Å². The van der Waals surface area contributed by atoms with Gasteiger partial charge in [0.25, 0.3) is 5.91 Å². The summed E-state index contributed by atoms with van der Waals surface area (Å²) in [4.78, 5) is 24.9. The SMILES string of the molecule is CC(C)N(CC(N)=O)C(=O)c1cc(F)ccc1C#CCN. The third-order valence-corrected chi connectivity index (χ3v) is 2.75. The van der Waals surface area contributed by atoms with Gasteiger partial charge in [0.15, 0.2) is 0 Å². The van der Waals surface area contributed by atoms with Crippen LogP contribution in [0.1, 0.15) is 29.8 Å². The normalized spacial score (nSPS) is 9.95. The Labute approximate surface area is 123 Å². The Morgan fingerprint density at radius 1 is 1.38 bits per heavy atom. The van der Waals surface area contributed by atoms with Gasteiger partial charge in [-0.05, 0) is 32.0 Å². The molecule has 0 aromatic heterocycles. The smallest absolute Gasteiger partial charge is 0.255 e. The molecule has 4 N–H and O–H groups in total. The third-order valence-electron chi connectivity index (χ3n) is 2.75. The molecule has 0 radical (unpaired) electrons. The third kappa shape index (κ3) is 4.58. The number of hydrogen-bond acceptors (Lipinski definition) is 3. The fourth-order valence-electron chi connectivity index (χ4n) is 1.76. The summed E-state index contributed by atoms with van der Waals surface area (Å²) in [5, 5.41) is 0. The molecule has 0 saturated heterocycles. The van der Waals surface area contributed by atoms with Crippen LogP contribution in [0.3, 0.4) is 0 Å². The molecule has 0 fully saturated rings. The predicted octanol–water partition coefficient (Wildman–Crippen LogP) is 0.472. The molecule has 0 aliphatic carbocycles. The largest absolute Gasteiger partial charge is 0.368 e. The Morgan fingerprint density at radius 3 is 2.57 bits per heavy atom. The summed E-state index contributed by atoms with van der Waals surface area (Å²) < 4.78 is 13.4. The molecule has 0 aliphatic rings. The van der Waals surface area contributed by atoms with Crippen LogP contribution in [0.5, 0.6) is 0 Å². The molecular formula is C15H18FN3O2. The van der Waals surface area contributed by atoms with E-state index < -0.39 is 17.6 Å². The van der Waals surface area contributed by atoms with Crippen LogP contribution in [0.2, 0.25) is 0 Å². The minimum absolute atomic E-state index is 0.0888. The van der Waals surface area contributed by atoms with Crippen LogP contribution in [0.4, 0.5) is 4.39 Å². The fraction of sp³-hybridized carbons (Fsp3) is 0.333. The van der Waals surface area contributed by atoms with Gasteiger partial charge in [0.1, 0.15) is 5.82 Å². The van der Waals surface area contributed by atoms with Crippen molar-refractivity contribution in [2.24, 2.45) is 11.5 Å². The first-order chi connectivity index (χ1) is 9.86. The zero-order chi connectivity index (χ0) is 16.0. The molecule has 112 valence electrons. The highest BCUT2D eigenvalue weighted by Crippen LogP contribution is 2.15. The number of halogens is 1. The molecule has 0 saturated carbocycles. The Hall–Kier alpha value is -2.39. The Bertz CT molecular complexity index is 603. The minimum Gasteiger partial charge on any atom is -0.368 e. The van der Waals surface area contributed by atoms with Crippen LogP contribution < -0.4 is 11.5 Å². The van der Waals surface area contributed by atoms with Crippen LogP contribution in [0, 0.1) is 17.7 Å². The van der Waals surface area contributed by atoms with Gasteiger partial charge in [-0.15, -0.1) is 0 Å². The summed E-state index contributed by atoms with van der Waals surface area (Å²) in [6.45, 7) is 3.37. The lowest BCUT2D eigenvalue weighted by Crippen LogP contribution is -2.43. The van der Waals surface area contributed by atoms with Crippen molar-refractivity contribution in [3.05, 3.63) is 35.1 Å². The van der Waals surface area contributed by atoms with Crippen LogP contribution in [0.25, 0.3) is 0 Å². The lowest BCUT2D eigenvalue weighted by molar-refractivity contribution is -0.119. The van der Waals surface area contributed by atoms with Crippen molar-refractivity contribution < 1.29 is 14.0 Å². The minimum atomic E-state index is -0.636. The maximum absolute atomic E-state index is 13.4. The first-order valence-electron chi connectivity index (χ1n) is 6.44. The Morgan fingerprint density at radius 2 is 2.05 bits per heavy atom. The van der Waals surface area contributed by atoms with Gasteiger partial charge in [0.2, 0.25) is 5.91 Å². The van der Waals surface area contributed by atoms with Gasteiger partial charge in [-0.2, -0.15) is 0 Å². The van der Waals surface area contributed by atoms with Gasteiger partial charge in [-0.1, -0.05) is 11.8 Å². The molecule has 1 aromatic rings. The molecule has 21 heavy (non-hydrogen) atoms. The maximum Gasteiger partial charge on any atom is 0.255 e. The summed E-state index contributed by atoms with van der Waals surface area (Å²) in [5.74, 6) is 3.66. The number of hydrogen-bond donors (Lipinski definition) is 2. The standard InChI is InChI=1S/C15H18FN3O2/c1-10(2)19(9-14(18)20)15(21)13-8-12(16)6-5-11(13)4-3-7-17/h5-6,8,10H,7,9,17H2,1-2H3,(H2,18,20). The summed E-state index contributed by atoms with van der Waals surface area (Å²) >= 11 is 0. The average molecular weight is 291 g/mol. The van der Waals surface area contributed by atoms with Gasteiger partial charge < -0.3 is 16.4 Å². The molecule has 0 aliphatic heterocycles. The van der Waals surface area contributed by atoms with Crippen LogP contribution in [-0.2, 0) is 4.79 Å². The number of carbonyl (C=O) groups excluding carboxylic acids is 2. The summed E-state index contributed by atoms with van der Waals surface area (Å²) in [5.41, 5.74) is 10.9. The second-order valence-corrected chi connectivity index (χ2v) is 4.69. The van der Waals surface area contributed by atoms with E-state index in [9.17, 15) is 14.0 Å². The van der Waals surface area contributed by atoms with Crippen molar-refractivity contribution >= 4 is 11.8 Å². The molecule has 0 atom stereocenters. The van der Waals surface area contributed by atoms with Gasteiger partial charge >= 0.3 is 0 Å². The van der Waals surface area contributed by atoms with Crippen LogP contribution >= 0.6 is 0 Å². The van der Waals surface area contributed by atoms with Gasteiger partial charge in [0.05, 0.1) is 18.7 Å². The lowest BCUT2D eigenvalue weighted by atomic mass is 10.1. The Kier molecular flexibility index (Phi) is 5.88. The van der Waals surface area contributed by atoms with Gasteiger partial charge in [0, 0.05) is 11.6 Å². The highest BCUT2D eigenvalue weighted by molar-refractivity contribution is 5.98. The quantitative estimate of drug-likeness (QED) is 0.790. The summed E-state index contributed by atoms with van der Waals surface area (Å²) in [7, 11) is 0. The molecule has 0 spiro atoms. The number of carbonyl (C=O) groups is 2. The van der Waals surface area contributed by atoms with Crippen molar-refractivity contribution in [2.75, 3.05) is 13.1 Å². The first-order valence-corrected chi connectivity index (χ1v) is 6.44. The van der Waals surface area contributed by atoms with E-state index >= 15 is 0 Å². The van der Waals surface area contributed by atoms with E-state index in [1.165, 1.54) is 17.0 Å². The van der Waals surface area contributed by atoms with Crippen molar-refractivity contribution in [3.8, 4) is 11.8 Å². The Balaban J connectivity index is 3.25. The zero-order valence-corrected chi connectivity index (χ0v) is 12.0. The molecule has 0 bridgehead atoms. The molecule has 6 heteroatoms. The van der Waals surface area contributed by atoms with E-state index in [0.29, 0.717) is 5.56 Å². The van der Waals surface area contributed by atoms with E-state index in [-0.39, 0.29) is 24.7 Å². The van der Waals surface area contributed by atoms with E-state index in [2.05, 4.69) is 11.8 Å². The molecule has 0 unspecified atom stereocenters. The topological polar surface area (TPSA) is 89.4 Å². The number of primary amides is 1. The van der Waals surface area contributed by atoms with Gasteiger partial charge in [-0.25, -0.2) is 4.39 Å². The number of nitrogens with zero attached hydrogens (tertiary/aromatic N) is 1. The highest BCUT2D eigenvalue weighted by Gasteiger charge is 2.23. The lowest BCUT2D eigenvalue weighted by Gasteiger charge is -2.25. The molecule has 1 aromatic carbocycles. The molecule has 5 nitrogen and oxygen atoms in total. The zero-order valence-electron chi connectivity index (χ0n) is 12.0. The van der Waals surface area contributed by atoms with Crippen molar-refractivity contribution in [1.29, 1.82) is 0 Å². The molecule has 2 amide bonds. The fourth-order valence-corrected chi connectivity index (χ4v) is 1.76.